The van der Waals surface area contributed by atoms with E-state index in [0.717, 1.165) is 10.4 Å². The van der Waals surface area contributed by atoms with Gasteiger partial charge in [0, 0.05) is 0 Å². The molecule has 0 fully saturated rings. The zero-order chi connectivity index (χ0) is 16.9. The summed E-state index contributed by atoms with van der Waals surface area (Å²) in [6, 6.07) is 9.26. The van der Waals surface area contributed by atoms with E-state index >= 15 is 0 Å². The van der Waals surface area contributed by atoms with Gasteiger partial charge in [-0.2, -0.15) is 0 Å². The predicted molar refractivity (Wildman–Crippen MR) is 93.7 cm³/mol. The number of carbonyl (C=O) groups excluding carboxylic acids is 1. The molecular formula is C18H17NO4S. The van der Waals surface area contributed by atoms with E-state index in [1.807, 2.05) is 49.6 Å². The smallest absolute Gasteiger partial charge is 0.363 e. The summed E-state index contributed by atoms with van der Waals surface area (Å²) in [5, 5.41) is 1.91. The van der Waals surface area contributed by atoms with Gasteiger partial charge in [-0.25, -0.2) is 9.79 Å². The lowest BCUT2D eigenvalue weighted by molar-refractivity contribution is -0.129. The van der Waals surface area contributed by atoms with Crippen LogP contribution in [0.5, 0.6) is 11.5 Å². The average Bonchev–Trinajstić information content (AvgIpc) is 3.21. The van der Waals surface area contributed by atoms with Crippen LogP contribution in [0.3, 0.4) is 0 Å². The van der Waals surface area contributed by atoms with Crippen molar-refractivity contribution >= 4 is 29.3 Å². The number of aliphatic imine (C=N–C) groups is 1. The third-order valence-corrected chi connectivity index (χ3v) is 4.08. The molecule has 124 valence electrons. The van der Waals surface area contributed by atoms with Crippen molar-refractivity contribution in [3.63, 3.8) is 0 Å². The number of cyclic esters (lactones) is 1. The molecule has 1 aromatic carbocycles. The lowest BCUT2D eigenvalue weighted by Crippen LogP contribution is -2.03. The Hall–Kier alpha value is -2.60. The number of carbonyl (C=O) groups is 1. The monoisotopic (exact) mass is 343 g/mol. The van der Waals surface area contributed by atoms with E-state index in [0.29, 0.717) is 30.6 Å². The molecule has 0 saturated heterocycles. The largest absolute Gasteiger partial charge is 0.490 e. The Kier molecular flexibility index (Phi) is 4.96. The maximum Gasteiger partial charge on any atom is 0.363 e. The summed E-state index contributed by atoms with van der Waals surface area (Å²) in [6.07, 6.45) is 1.68. The van der Waals surface area contributed by atoms with Crippen LogP contribution in [0, 0.1) is 0 Å². The highest BCUT2D eigenvalue weighted by molar-refractivity contribution is 7.12. The number of rotatable bonds is 6. The number of hydrogen-bond acceptors (Lipinski definition) is 6. The molecule has 5 nitrogen and oxygen atoms in total. The van der Waals surface area contributed by atoms with Crippen LogP contribution in [-0.2, 0) is 9.53 Å². The van der Waals surface area contributed by atoms with E-state index in [9.17, 15) is 4.79 Å². The fourth-order valence-corrected chi connectivity index (χ4v) is 2.88. The van der Waals surface area contributed by atoms with Gasteiger partial charge in [-0.1, -0.05) is 12.1 Å². The van der Waals surface area contributed by atoms with Gasteiger partial charge in [-0.15, -0.1) is 11.3 Å². The minimum Gasteiger partial charge on any atom is -0.490 e. The Balaban J connectivity index is 1.90. The molecule has 1 aliphatic heterocycles. The molecule has 1 aromatic heterocycles. The fourth-order valence-electron chi connectivity index (χ4n) is 2.23. The highest BCUT2D eigenvalue weighted by Crippen LogP contribution is 2.30. The standard InChI is InChI=1S/C18H17NO4S/c1-3-21-14-8-7-12(11-15(14)22-4-2)10-13-18(20)23-17(19-13)16-6-5-9-24-16/h5-11H,3-4H2,1-2H3. The molecule has 0 radical (unpaired) electrons. The predicted octanol–water partition coefficient (Wildman–Crippen LogP) is 3.89. The van der Waals surface area contributed by atoms with Crippen LogP contribution in [0.25, 0.3) is 6.08 Å². The Morgan fingerprint density at radius 2 is 1.96 bits per heavy atom. The summed E-state index contributed by atoms with van der Waals surface area (Å²) < 4.78 is 16.4. The van der Waals surface area contributed by atoms with Crippen molar-refractivity contribution in [2.75, 3.05) is 13.2 Å². The molecule has 6 heteroatoms. The SMILES string of the molecule is CCOc1ccc(C=C2N=C(c3cccs3)OC2=O)cc1OCC. The van der Waals surface area contributed by atoms with Gasteiger partial charge in [0.15, 0.2) is 17.2 Å². The lowest BCUT2D eigenvalue weighted by atomic mass is 10.1. The van der Waals surface area contributed by atoms with E-state index in [1.54, 1.807) is 6.08 Å². The number of esters is 1. The number of hydrogen-bond donors (Lipinski definition) is 0. The molecule has 0 spiro atoms. The van der Waals surface area contributed by atoms with Crippen molar-refractivity contribution in [1.29, 1.82) is 0 Å². The fraction of sp³-hybridized carbons (Fsp3) is 0.222. The third-order valence-electron chi connectivity index (χ3n) is 3.22. The Bertz CT molecular complexity index is 793. The number of benzene rings is 1. The zero-order valence-corrected chi connectivity index (χ0v) is 14.3. The van der Waals surface area contributed by atoms with Crippen molar-refractivity contribution in [3.05, 3.63) is 51.8 Å². The van der Waals surface area contributed by atoms with E-state index in [-0.39, 0.29) is 5.70 Å². The van der Waals surface area contributed by atoms with Gasteiger partial charge in [0.05, 0.1) is 18.1 Å². The van der Waals surface area contributed by atoms with Crippen molar-refractivity contribution in [1.82, 2.24) is 0 Å². The second-order valence-corrected chi connectivity index (χ2v) is 5.83. The van der Waals surface area contributed by atoms with Crippen LogP contribution < -0.4 is 9.47 Å². The summed E-state index contributed by atoms with van der Waals surface area (Å²) in [6.45, 7) is 4.91. The highest BCUT2D eigenvalue weighted by atomic mass is 32.1. The molecule has 0 unspecified atom stereocenters. The van der Waals surface area contributed by atoms with Crippen LogP contribution in [0.4, 0.5) is 0 Å². The summed E-state index contributed by atoms with van der Waals surface area (Å²) in [5.74, 6) is 1.21. The third kappa shape index (κ3) is 3.49. The molecule has 0 N–H and O–H groups in total. The molecule has 2 aromatic rings. The first-order valence-electron chi connectivity index (χ1n) is 7.67. The molecule has 24 heavy (non-hydrogen) atoms. The van der Waals surface area contributed by atoms with Crippen molar-refractivity contribution < 1.29 is 19.0 Å². The van der Waals surface area contributed by atoms with Crippen LogP contribution >= 0.6 is 11.3 Å². The van der Waals surface area contributed by atoms with E-state index in [2.05, 4.69) is 4.99 Å². The first-order valence-corrected chi connectivity index (χ1v) is 8.55. The topological polar surface area (TPSA) is 57.1 Å². The van der Waals surface area contributed by atoms with Gasteiger partial charge in [0.1, 0.15) is 0 Å². The quantitative estimate of drug-likeness (QED) is 0.590. The van der Waals surface area contributed by atoms with E-state index in [4.69, 9.17) is 14.2 Å². The summed E-state index contributed by atoms with van der Waals surface area (Å²) in [4.78, 5) is 17.1. The Morgan fingerprint density at radius 1 is 1.17 bits per heavy atom. The summed E-state index contributed by atoms with van der Waals surface area (Å²) in [7, 11) is 0. The second kappa shape index (κ2) is 7.31. The van der Waals surface area contributed by atoms with Gasteiger partial charge in [-0.05, 0) is 49.1 Å². The van der Waals surface area contributed by atoms with Gasteiger partial charge in [0.2, 0.25) is 5.90 Å². The molecule has 0 bridgehead atoms. The molecule has 2 heterocycles. The molecule has 1 aliphatic rings. The molecular weight excluding hydrogens is 326 g/mol. The van der Waals surface area contributed by atoms with Gasteiger partial charge in [0.25, 0.3) is 0 Å². The zero-order valence-electron chi connectivity index (χ0n) is 13.4. The Labute approximate surface area is 144 Å². The average molecular weight is 343 g/mol. The number of thiophene rings is 1. The Morgan fingerprint density at radius 3 is 2.67 bits per heavy atom. The molecule has 0 aliphatic carbocycles. The van der Waals surface area contributed by atoms with Crippen LogP contribution in [-0.4, -0.2) is 25.1 Å². The molecule has 3 rings (SSSR count). The lowest BCUT2D eigenvalue weighted by Gasteiger charge is -2.11. The first-order chi connectivity index (χ1) is 11.7. The summed E-state index contributed by atoms with van der Waals surface area (Å²) >= 11 is 1.48. The maximum absolute atomic E-state index is 12.0. The van der Waals surface area contributed by atoms with Gasteiger partial charge < -0.3 is 14.2 Å². The van der Waals surface area contributed by atoms with Crippen molar-refractivity contribution in [3.8, 4) is 11.5 Å². The van der Waals surface area contributed by atoms with Crippen LogP contribution in [0.15, 0.2) is 46.4 Å². The minimum absolute atomic E-state index is 0.269. The second-order valence-electron chi connectivity index (χ2n) is 4.89. The molecule has 0 atom stereocenters. The van der Waals surface area contributed by atoms with E-state index in [1.165, 1.54) is 11.3 Å². The highest BCUT2D eigenvalue weighted by Gasteiger charge is 2.24. The number of ether oxygens (including phenoxy) is 3. The minimum atomic E-state index is -0.453. The van der Waals surface area contributed by atoms with Crippen molar-refractivity contribution in [2.24, 2.45) is 4.99 Å². The van der Waals surface area contributed by atoms with Gasteiger partial charge >= 0.3 is 5.97 Å². The molecule has 0 saturated carbocycles. The maximum atomic E-state index is 12.0. The summed E-state index contributed by atoms with van der Waals surface area (Å²) in [5.41, 5.74) is 1.06. The molecule has 0 amide bonds. The van der Waals surface area contributed by atoms with Gasteiger partial charge in [-0.3, -0.25) is 0 Å². The first kappa shape index (κ1) is 16.3. The number of nitrogens with zero attached hydrogens (tertiary/aromatic N) is 1. The normalized spacial score (nSPS) is 15.3. The van der Waals surface area contributed by atoms with Crippen molar-refractivity contribution in [2.45, 2.75) is 13.8 Å². The van der Waals surface area contributed by atoms with Crippen LogP contribution in [0.2, 0.25) is 0 Å². The van der Waals surface area contributed by atoms with E-state index < -0.39 is 5.97 Å². The van der Waals surface area contributed by atoms with Crippen LogP contribution in [0.1, 0.15) is 24.3 Å².